The van der Waals surface area contributed by atoms with Crippen LogP contribution < -0.4 is 5.32 Å². The molecule has 3 nitrogen and oxygen atoms in total. The molecule has 1 aromatic carbocycles. The number of nitrogens with zero attached hydrogens (tertiary/aromatic N) is 1. The summed E-state index contributed by atoms with van der Waals surface area (Å²) in [5, 5.41) is 3.37. The molecule has 0 radical (unpaired) electrons. The average molecular weight is 306 g/mol. The molecule has 0 saturated carbocycles. The van der Waals surface area contributed by atoms with Crippen LogP contribution in [0.5, 0.6) is 0 Å². The third-order valence-electron chi connectivity index (χ3n) is 3.53. The van der Waals surface area contributed by atoms with Gasteiger partial charge < -0.3 is 10.3 Å². The number of aromatic nitrogens is 2. The summed E-state index contributed by atoms with van der Waals surface area (Å²) >= 11 is 3.52. The topological polar surface area (TPSA) is 40.7 Å². The van der Waals surface area contributed by atoms with Gasteiger partial charge in [-0.3, -0.25) is 0 Å². The van der Waals surface area contributed by atoms with Crippen molar-refractivity contribution in [1.29, 1.82) is 0 Å². The van der Waals surface area contributed by atoms with Gasteiger partial charge in [0.25, 0.3) is 0 Å². The maximum absolute atomic E-state index is 4.53. The van der Waals surface area contributed by atoms with Gasteiger partial charge in [0.15, 0.2) is 0 Å². The van der Waals surface area contributed by atoms with E-state index >= 15 is 0 Å². The van der Waals surface area contributed by atoms with E-state index < -0.39 is 0 Å². The molecule has 0 aliphatic carbocycles. The molecule has 1 aliphatic heterocycles. The Morgan fingerprint density at radius 1 is 1.39 bits per heavy atom. The van der Waals surface area contributed by atoms with Crippen molar-refractivity contribution in [2.75, 3.05) is 13.1 Å². The van der Waals surface area contributed by atoms with Gasteiger partial charge in [0.05, 0.1) is 11.9 Å². The Balaban J connectivity index is 1.94. The molecule has 3 rings (SSSR count). The van der Waals surface area contributed by atoms with Crippen LogP contribution in [0, 0.1) is 6.92 Å². The van der Waals surface area contributed by atoms with Gasteiger partial charge in [-0.05, 0) is 37.6 Å². The average Bonchev–Trinajstić information content (AvgIpc) is 3.00. The number of halogens is 1. The maximum Gasteiger partial charge on any atom is 0.110 e. The standard InChI is InChI=1S/C14H16BrN3/c1-9-2-3-11(15)6-12(9)13-8-17-14(18-13)10-4-5-16-7-10/h2-3,6,8,10,16H,4-5,7H2,1H3,(H,17,18). The number of hydrogen-bond acceptors (Lipinski definition) is 2. The Bertz CT molecular complexity index is 556. The Kier molecular flexibility index (Phi) is 3.22. The minimum Gasteiger partial charge on any atom is -0.342 e. The number of imidazole rings is 1. The molecule has 1 fully saturated rings. The van der Waals surface area contributed by atoms with Gasteiger partial charge in [0.2, 0.25) is 0 Å². The number of aryl methyl sites for hydroxylation is 1. The summed E-state index contributed by atoms with van der Waals surface area (Å²) in [6.07, 6.45) is 3.12. The van der Waals surface area contributed by atoms with Gasteiger partial charge in [-0.1, -0.05) is 22.0 Å². The van der Waals surface area contributed by atoms with E-state index in [0.29, 0.717) is 5.92 Å². The number of hydrogen-bond donors (Lipinski definition) is 2. The predicted molar refractivity (Wildman–Crippen MR) is 76.7 cm³/mol. The molecule has 1 saturated heterocycles. The molecular weight excluding hydrogens is 290 g/mol. The van der Waals surface area contributed by atoms with E-state index in [2.05, 4.69) is 56.3 Å². The Labute approximate surface area is 115 Å². The molecule has 0 bridgehead atoms. The summed E-state index contributed by atoms with van der Waals surface area (Å²) in [6.45, 7) is 4.25. The van der Waals surface area contributed by atoms with Gasteiger partial charge >= 0.3 is 0 Å². The van der Waals surface area contributed by atoms with Crippen molar-refractivity contribution < 1.29 is 0 Å². The van der Waals surface area contributed by atoms with Crippen LogP contribution in [0.1, 0.15) is 23.7 Å². The summed E-state index contributed by atoms with van der Waals surface area (Å²) in [5.41, 5.74) is 3.59. The fourth-order valence-corrected chi connectivity index (χ4v) is 2.81. The molecule has 2 aromatic rings. The zero-order chi connectivity index (χ0) is 12.5. The normalized spacial score (nSPS) is 19.3. The highest BCUT2D eigenvalue weighted by Crippen LogP contribution is 2.27. The molecule has 0 amide bonds. The number of aromatic amines is 1. The first kappa shape index (κ1) is 11.9. The van der Waals surface area contributed by atoms with E-state index in [1.807, 2.05) is 6.20 Å². The molecule has 4 heteroatoms. The van der Waals surface area contributed by atoms with Gasteiger partial charge in [0.1, 0.15) is 5.82 Å². The lowest BCUT2D eigenvalue weighted by molar-refractivity contribution is 0.715. The van der Waals surface area contributed by atoms with Crippen molar-refractivity contribution in [1.82, 2.24) is 15.3 Å². The van der Waals surface area contributed by atoms with Crippen LogP contribution in [-0.4, -0.2) is 23.1 Å². The minimum absolute atomic E-state index is 0.534. The molecule has 2 heterocycles. The largest absolute Gasteiger partial charge is 0.342 e. The van der Waals surface area contributed by atoms with Crippen molar-refractivity contribution in [3.8, 4) is 11.3 Å². The molecular formula is C14H16BrN3. The predicted octanol–water partition coefficient (Wildman–Crippen LogP) is 3.22. The van der Waals surface area contributed by atoms with Crippen LogP contribution in [-0.2, 0) is 0 Å². The first-order chi connectivity index (χ1) is 8.74. The number of benzene rings is 1. The second-order valence-electron chi connectivity index (χ2n) is 4.83. The summed E-state index contributed by atoms with van der Waals surface area (Å²) in [7, 11) is 0. The molecule has 1 aromatic heterocycles. The van der Waals surface area contributed by atoms with E-state index in [1.54, 1.807) is 0 Å². The van der Waals surface area contributed by atoms with Gasteiger partial charge in [-0.2, -0.15) is 0 Å². The first-order valence-electron chi connectivity index (χ1n) is 6.26. The Morgan fingerprint density at radius 2 is 2.28 bits per heavy atom. The number of nitrogens with one attached hydrogen (secondary N) is 2. The van der Waals surface area contributed by atoms with Crippen molar-refractivity contribution in [2.24, 2.45) is 0 Å². The second kappa shape index (κ2) is 4.86. The van der Waals surface area contributed by atoms with Crippen LogP contribution in [0.3, 0.4) is 0 Å². The summed E-state index contributed by atoms with van der Waals surface area (Å²) in [6, 6.07) is 6.33. The molecule has 1 aliphatic rings. The number of H-pyrrole nitrogens is 1. The zero-order valence-electron chi connectivity index (χ0n) is 10.3. The van der Waals surface area contributed by atoms with E-state index in [1.165, 1.54) is 17.5 Å². The van der Waals surface area contributed by atoms with Crippen LogP contribution in [0.2, 0.25) is 0 Å². The van der Waals surface area contributed by atoms with E-state index in [-0.39, 0.29) is 0 Å². The van der Waals surface area contributed by atoms with Crippen LogP contribution in [0.25, 0.3) is 11.3 Å². The van der Waals surface area contributed by atoms with E-state index in [0.717, 1.165) is 29.1 Å². The lowest BCUT2D eigenvalue weighted by atomic mass is 10.1. The highest BCUT2D eigenvalue weighted by molar-refractivity contribution is 9.10. The van der Waals surface area contributed by atoms with Crippen LogP contribution in [0.4, 0.5) is 0 Å². The minimum atomic E-state index is 0.534. The quantitative estimate of drug-likeness (QED) is 0.894. The Morgan fingerprint density at radius 3 is 3.06 bits per heavy atom. The monoisotopic (exact) mass is 305 g/mol. The van der Waals surface area contributed by atoms with Gasteiger partial charge in [0, 0.05) is 22.5 Å². The molecule has 1 atom stereocenters. The first-order valence-corrected chi connectivity index (χ1v) is 7.05. The molecule has 0 spiro atoms. The van der Waals surface area contributed by atoms with Crippen molar-refractivity contribution in [3.63, 3.8) is 0 Å². The molecule has 1 unspecified atom stereocenters. The van der Waals surface area contributed by atoms with E-state index in [4.69, 9.17) is 0 Å². The lowest BCUT2D eigenvalue weighted by Crippen LogP contribution is -2.08. The summed E-state index contributed by atoms with van der Waals surface area (Å²) < 4.78 is 1.10. The second-order valence-corrected chi connectivity index (χ2v) is 5.75. The van der Waals surface area contributed by atoms with Crippen molar-refractivity contribution in [3.05, 3.63) is 40.3 Å². The fraction of sp³-hybridized carbons (Fsp3) is 0.357. The van der Waals surface area contributed by atoms with Crippen molar-refractivity contribution in [2.45, 2.75) is 19.3 Å². The number of rotatable bonds is 2. The highest BCUT2D eigenvalue weighted by Gasteiger charge is 2.19. The zero-order valence-corrected chi connectivity index (χ0v) is 11.9. The van der Waals surface area contributed by atoms with Crippen LogP contribution >= 0.6 is 15.9 Å². The Hall–Kier alpha value is -1.13. The smallest absolute Gasteiger partial charge is 0.110 e. The SMILES string of the molecule is Cc1ccc(Br)cc1-c1cnc(C2CCNC2)[nH]1. The molecule has 18 heavy (non-hydrogen) atoms. The lowest BCUT2D eigenvalue weighted by Gasteiger charge is -2.05. The molecule has 94 valence electrons. The summed E-state index contributed by atoms with van der Waals surface area (Å²) in [4.78, 5) is 8.00. The van der Waals surface area contributed by atoms with Gasteiger partial charge in [-0.25, -0.2) is 4.98 Å². The summed E-state index contributed by atoms with van der Waals surface area (Å²) in [5.74, 6) is 1.64. The fourth-order valence-electron chi connectivity index (χ4n) is 2.45. The maximum atomic E-state index is 4.53. The molecule has 2 N–H and O–H groups in total. The van der Waals surface area contributed by atoms with E-state index in [9.17, 15) is 0 Å². The third-order valence-corrected chi connectivity index (χ3v) is 4.03. The van der Waals surface area contributed by atoms with Crippen molar-refractivity contribution >= 4 is 15.9 Å². The third kappa shape index (κ3) is 2.22. The van der Waals surface area contributed by atoms with Crippen LogP contribution in [0.15, 0.2) is 28.9 Å². The highest BCUT2D eigenvalue weighted by atomic mass is 79.9. The van der Waals surface area contributed by atoms with Gasteiger partial charge in [-0.15, -0.1) is 0 Å².